The summed E-state index contributed by atoms with van der Waals surface area (Å²) >= 11 is 0. The second-order valence-electron chi connectivity index (χ2n) is 6.23. The first-order valence-electron chi connectivity index (χ1n) is 8.76. The minimum absolute atomic E-state index is 0.560. The van der Waals surface area contributed by atoms with E-state index in [0.717, 1.165) is 18.6 Å². The van der Waals surface area contributed by atoms with Gasteiger partial charge in [-0.05, 0) is 64.3 Å². The molecule has 1 saturated carbocycles. The monoisotopic (exact) mass is 281 g/mol. The van der Waals surface area contributed by atoms with Crippen LogP contribution in [0.25, 0.3) is 0 Å². The van der Waals surface area contributed by atoms with E-state index >= 15 is 0 Å². The molecule has 0 radical (unpaired) electrons. The number of ether oxygens (including phenoxy) is 1. The van der Waals surface area contributed by atoms with Gasteiger partial charge in [0.2, 0.25) is 0 Å². The van der Waals surface area contributed by atoms with Crippen molar-refractivity contribution in [3.05, 3.63) is 12.7 Å². The number of hydrogen-bond acceptors (Lipinski definition) is 2. The first-order chi connectivity index (χ1) is 9.80. The van der Waals surface area contributed by atoms with Gasteiger partial charge < -0.3 is 10.1 Å². The second kappa shape index (κ2) is 11.3. The maximum Gasteiger partial charge on any atom is 0.0580 e. The smallest absolute Gasteiger partial charge is 0.0580 e. The molecule has 1 aliphatic carbocycles. The van der Waals surface area contributed by atoms with Crippen LogP contribution in [0.5, 0.6) is 0 Å². The summed E-state index contributed by atoms with van der Waals surface area (Å²) in [5, 5.41) is 3.75. The molecule has 0 amide bonds. The molecule has 0 aromatic heterocycles. The van der Waals surface area contributed by atoms with Gasteiger partial charge in [0.15, 0.2) is 0 Å². The van der Waals surface area contributed by atoms with Gasteiger partial charge in [0.1, 0.15) is 0 Å². The van der Waals surface area contributed by atoms with Crippen LogP contribution in [0.4, 0.5) is 0 Å². The molecular weight excluding hydrogens is 246 g/mol. The zero-order valence-corrected chi connectivity index (χ0v) is 13.7. The van der Waals surface area contributed by atoms with Gasteiger partial charge in [0.25, 0.3) is 0 Å². The molecule has 0 heterocycles. The van der Waals surface area contributed by atoms with Gasteiger partial charge in [-0.1, -0.05) is 25.8 Å². The molecule has 0 bridgehead atoms. The predicted molar refractivity (Wildman–Crippen MR) is 88.1 cm³/mol. The number of allylic oxidation sites excluding steroid dienone is 1. The summed E-state index contributed by atoms with van der Waals surface area (Å²) < 4.78 is 5.67. The molecule has 20 heavy (non-hydrogen) atoms. The third kappa shape index (κ3) is 7.44. The molecule has 0 saturated heterocycles. The molecule has 2 nitrogen and oxygen atoms in total. The summed E-state index contributed by atoms with van der Waals surface area (Å²) in [6.07, 6.45) is 14.3. The van der Waals surface area contributed by atoms with Crippen molar-refractivity contribution in [3.63, 3.8) is 0 Å². The van der Waals surface area contributed by atoms with E-state index in [1.807, 2.05) is 6.08 Å². The average molecular weight is 281 g/mol. The van der Waals surface area contributed by atoms with E-state index in [9.17, 15) is 0 Å². The lowest BCUT2D eigenvalue weighted by molar-refractivity contribution is -0.0292. The number of rotatable bonds is 13. The van der Waals surface area contributed by atoms with Crippen LogP contribution in [0, 0.1) is 5.92 Å². The third-order valence-corrected chi connectivity index (χ3v) is 4.36. The molecule has 1 N–H and O–H groups in total. The van der Waals surface area contributed by atoms with Crippen molar-refractivity contribution in [3.8, 4) is 0 Å². The van der Waals surface area contributed by atoms with Crippen molar-refractivity contribution in [2.75, 3.05) is 13.2 Å². The van der Waals surface area contributed by atoms with Gasteiger partial charge in [-0.25, -0.2) is 0 Å². The van der Waals surface area contributed by atoms with Crippen molar-refractivity contribution in [2.45, 2.75) is 83.8 Å². The first-order valence-corrected chi connectivity index (χ1v) is 8.76. The Balaban J connectivity index is 2.14. The van der Waals surface area contributed by atoms with Crippen LogP contribution < -0.4 is 5.32 Å². The Labute approximate surface area is 126 Å². The van der Waals surface area contributed by atoms with Crippen LogP contribution in [0.1, 0.15) is 71.6 Å². The van der Waals surface area contributed by atoms with E-state index in [1.165, 1.54) is 64.3 Å². The van der Waals surface area contributed by atoms with E-state index in [1.54, 1.807) is 0 Å². The van der Waals surface area contributed by atoms with E-state index in [-0.39, 0.29) is 0 Å². The zero-order chi connectivity index (χ0) is 14.6. The fraction of sp³-hybridized carbons (Fsp3) is 0.889. The topological polar surface area (TPSA) is 21.3 Å². The standard InChI is InChI=1S/C18H35NO/c1-4-7-8-9-10-11-17(19-12-5-2)13-16-14-18(15-16)20-6-3/h4,16-19H,1,5-15H2,2-3H3. The van der Waals surface area contributed by atoms with Gasteiger partial charge in [-0.3, -0.25) is 0 Å². The Bertz CT molecular complexity index is 236. The number of unbranched alkanes of at least 4 members (excludes halogenated alkanes) is 3. The minimum atomic E-state index is 0.560. The summed E-state index contributed by atoms with van der Waals surface area (Å²) in [5.41, 5.74) is 0. The Kier molecular flexibility index (Phi) is 10.0. The third-order valence-electron chi connectivity index (χ3n) is 4.36. The Morgan fingerprint density at radius 2 is 2.05 bits per heavy atom. The van der Waals surface area contributed by atoms with Crippen molar-refractivity contribution in [1.82, 2.24) is 5.32 Å². The maximum absolute atomic E-state index is 5.67. The van der Waals surface area contributed by atoms with E-state index in [0.29, 0.717) is 6.10 Å². The van der Waals surface area contributed by atoms with E-state index in [4.69, 9.17) is 4.74 Å². The molecule has 1 rings (SSSR count). The Morgan fingerprint density at radius 3 is 2.70 bits per heavy atom. The van der Waals surface area contributed by atoms with Gasteiger partial charge in [-0.15, -0.1) is 6.58 Å². The second-order valence-corrected chi connectivity index (χ2v) is 6.23. The first kappa shape index (κ1) is 17.7. The van der Waals surface area contributed by atoms with Crippen molar-refractivity contribution in [2.24, 2.45) is 5.92 Å². The Morgan fingerprint density at radius 1 is 1.25 bits per heavy atom. The van der Waals surface area contributed by atoms with Gasteiger partial charge >= 0.3 is 0 Å². The molecule has 0 spiro atoms. The molecule has 0 aromatic carbocycles. The largest absolute Gasteiger partial charge is 0.378 e. The summed E-state index contributed by atoms with van der Waals surface area (Å²) in [7, 11) is 0. The van der Waals surface area contributed by atoms with Crippen LogP contribution in [0.15, 0.2) is 12.7 Å². The summed E-state index contributed by atoms with van der Waals surface area (Å²) in [5.74, 6) is 0.897. The highest BCUT2D eigenvalue weighted by Gasteiger charge is 2.30. The molecule has 0 aliphatic heterocycles. The molecule has 1 atom stereocenters. The predicted octanol–water partition coefficient (Wildman–Crippen LogP) is 4.70. The van der Waals surface area contributed by atoms with Gasteiger partial charge in [0, 0.05) is 12.6 Å². The molecule has 118 valence electrons. The number of nitrogens with one attached hydrogen (secondary N) is 1. The highest BCUT2D eigenvalue weighted by molar-refractivity contribution is 4.84. The Hall–Kier alpha value is -0.340. The van der Waals surface area contributed by atoms with Crippen molar-refractivity contribution in [1.29, 1.82) is 0 Å². The van der Waals surface area contributed by atoms with Gasteiger partial charge in [-0.2, -0.15) is 0 Å². The molecule has 0 aromatic rings. The lowest BCUT2D eigenvalue weighted by Gasteiger charge is -2.37. The van der Waals surface area contributed by atoms with Crippen LogP contribution in [-0.2, 0) is 4.74 Å². The quantitative estimate of drug-likeness (QED) is 0.390. The van der Waals surface area contributed by atoms with Crippen molar-refractivity contribution < 1.29 is 4.74 Å². The highest BCUT2D eigenvalue weighted by Crippen LogP contribution is 2.34. The fourth-order valence-corrected chi connectivity index (χ4v) is 3.15. The van der Waals surface area contributed by atoms with Gasteiger partial charge in [0.05, 0.1) is 6.10 Å². The molecule has 1 unspecified atom stereocenters. The van der Waals surface area contributed by atoms with E-state index < -0.39 is 0 Å². The van der Waals surface area contributed by atoms with Crippen molar-refractivity contribution >= 4 is 0 Å². The van der Waals surface area contributed by atoms with Crippen LogP contribution >= 0.6 is 0 Å². The minimum Gasteiger partial charge on any atom is -0.378 e. The van der Waals surface area contributed by atoms with E-state index in [2.05, 4.69) is 25.7 Å². The maximum atomic E-state index is 5.67. The average Bonchev–Trinajstić information content (AvgIpc) is 2.41. The highest BCUT2D eigenvalue weighted by atomic mass is 16.5. The lowest BCUT2D eigenvalue weighted by Crippen LogP contribution is -2.38. The SMILES string of the molecule is C=CCCCCCC(CC1CC(OCC)C1)NCCC. The molecule has 1 aliphatic rings. The zero-order valence-electron chi connectivity index (χ0n) is 13.7. The summed E-state index contributed by atoms with van der Waals surface area (Å²) in [4.78, 5) is 0. The summed E-state index contributed by atoms with van der Waals surface area (Å²) in [6.45, 7) is 10.2. The summed E-state index contributed by atoms with van der Waals surface area (Å²) in [6, 6.07) is 0.728. The van der Waals surface area contributed by atoms with Crippen LogP contribution in [-0.4, -0.2) is 25.3 Å². The lowest BCUT2D eigenvalue weighted by atomic mass is 9.77. The molecule has 1 fully saturated rings. The normalized spacial score (nSPS) is 23.3. The van der Waals surface area contributed by atoms with Crippen LogP contribution in [0.2, 0.25) is 0 Å². The van der Waals surface area contributed by atoms with Crippen LogP contribution in [0.3, 0.4) is 0 Å². The molecule has 2 heteroatoms. The fourth-order valence-electron chi connectivity index (χ4n) is 3.15. The molecular formula is C18H35NO. The number of hydrogen-bond donors (Lipinski definition) is 1.